The van der Waals surface area contributed by atoms with E-state index >= 15 is 0 Å². The molecule has 0 saturated carbocycles. The summed E-state index contributed by atoms with van der Waals surface area (Å²) in [5.74, 6) is -0.154. The molecular weight excluding hydrogens is 247 g/mol. The molecular formula is C11H16Cl2N2O. The quantitative estimate of drug-likeness (QED) is 0.885. The molecule has 90 valence electrons. The Morgan fingerprint density at radius 2 is 1.88 bits per heavy atom. The molecule has 1 saturated heterocycles. The number of primary amides is 1. The number of nitrogens with two attached hydrogens (primary N) is 1. The Morgan fingerprint density at radius 3 is 2.38 bits per heavy atom. The van der Waals surface area contributed by atoms with Crippen molar-refractivity contribution in [1.29, 1.82) is 0 Å². The van der Waals surface area contributed by atoms with Gasteiger partial charge in [0.1, 0.15) is 0 Å². The summed E-state index contributed by atoms with van der Waals surface area (Å²) in [4.78, 5) is 13.2. The maximum Gasteiger partial charge on any atom is 0.222 e. The zero-order chi connectivity index (χ0) is 9.97. The highest BCUT2D eigenvalue weighted by atomic mass is 35.5. The molecule has 16 heavy (non-hydrogen) atoms. The third-order valence-corrected chi connectivity index (χ3v) is 2.71. The average molecular weight is 263 g/mol. The van der Waals surface area contributed by atoms with Gasteiger partial charge >= 0.3 is 0 Å². The van der Waals surface area contributed by atoms with Crippen molar-refractivity contribution in [2.24, 2.45) is 11.7 Å². The van der Waals surface area contributed by atoms with Gasteiger partial charge in [-0.05, 0) is 18.6 Å². The summed E-state index contributed by atoms with van der Waals surface area (Å²) in [5.41, 5.74) is 6.45. The monoisotopic (exact) mass is 262 g/mol. The molecule has 1 unspecified atom stereocenters. The van der Waals surface area contributed by atoms with E-state index in [-0.39, 0.29) is 36.6 Å². The molecule has 1 atom stereocenters. The molecule has 2 N–H and O–H groups in total. The van der Waals surface area contributed by atoms with Gasteiger partial charge in [0.05, 0.1) is 5.92 Å². The van der Waals surface area contributed by atoms with Crippen LogP contribution in [0.4, 0.5) is 5.69 Å². The van der Waals surface area contributed by atoms with Crippen molar-refractivity contribution < 1.29 is 4.79 Å². The van der Waals surface area contributed by atoms with Gasteiger partial charge < -0.3 is 10.6 Å². The van der Waals surface area contributed by atoms with Crippen molar-refractivity contribution in [1.82, 2.24) is 0 Å². The lowest BCUT2D eigenvalue weighted by molar-refractivity contribution is -0.121. The molecule has 5 heteroatoms. The van der Waals surface area contributed by atoms with Gasteiger partial charge in [0.15, 0.2) is 0 Å². The summed E-state index contributed by atoms with van der Waals surface area (Å²) < 4.78 is 0. The van der Waals surface area contributed by atoms with Gasteiger partial charge in [-0.3, -0.25) is 4.79 Å². The van der Waals surface area contributed by atoms with E-state index in [1.807, 2.05) is 18.2 Å². The van der Waals surface area contributed by atoms with Gasteiger partial charge in [-0.25, -0.2) is 0 Å². The second-order valence-electron chi connectivity index (χ2n) is 3.67. The predicted octanol–water partition coefficient (Wildman–Crippen LogP) is 1.84. The molecule has 0 bridgehead atoms. The van der Waals surface area contributed by atoms with Crippen LogP contribution in [0.25, 0.3) is 0 Å². The Morgan fingerprint density at radius 1 is 1.25 bits per heavy atom. The van der Waals surface area contributed by atoms with Crippen LogP contribution in [0.2, 0.25) is 0 Å². The van der Waals surface area contributed by atoms with Crippen LogP contribution in [0, 0.1) is 5.92 Å². The summed E-state index contributed by atoms with van der Waals surface area (Å²) in [5, 5.41) is 0. The van der Waals surface area contributed by atoms with Crippen molar-refractivity contribution in [2.45, 2.75) is 6.42 Å². The van der Waals surface area contributed by atoms with Gasteiger partial charge in [0.2, 0.25) is 5.91 Å². The predicted molar refractivity (Wildman–Crippen MR) is 70.5 cm³/mol. The van der Waals surface area contributed by atoms with Gasteiger partial charge in [-0.15, -0.1) is 24.8 Å². The van der Waals surface area contributed by atoms with Crippen molar-refractivity contribution in [3.8, 4) is 0 Å². The molecule has 0 spiro atoms. The first-order valence-corrected chi connectivity index (χ1v) is 4.86. The van der Waals surface area contributed by atoms with Crippen LogP contribution in [-0.4, -0.2) is 19.0 Å². The van der Waals surface area contributed by atoms with Crippen molar-refractivity contribution in [3.63, 3.8) is 0 Å². The summed E-state index contributed by atoms with van der Waals surface area (Å²) in [6, 6.07) is 10.1. The maximum atomic E-state index is 11.0. The van der Waals surface area contributed by atoms with Gasteiger partial charge in [-0.1, -0.05) is 18.2 Å². The maximum absolute atomic E-state index is 11.0. The zero-order valence-electron chi connectivity index (χ0n) is 8.83. The SMILES string of the molecule is Cl.Cl.NC(=O)C1CCN(c2ccccc2)C1. The topological polar surface area (TPSA) is 46.3 Å². The fraction of sp³-hybridized carbons (Fsp3) is 0.364. The number of carbonyl (C=O) groups is 1. The first-order chi connectivity index (χ1) is 6.77. The Kier molecular flexibility index (Phi) is 6.22. The van der Waals surface area contributed by atoms with E-state index in [0.29, 0.717) is 0 Å². The molecule has 1 aromatic carbocycles. The molecule has 0 aromatic heterocycles. The van der Waals surface area contributed by atoms with E-state index in [1.54, 1.807) is 0 Å². The third-order valence-electron chi connectivity index (χ3n) is 2.71. The minimum Gasteiger partial charge on any atom is -0.371 e. The normalized spacial score (nSPS) is 18.5. The molecule has 1 amide bonds. The average Bonchev–Trinajstić information content (AvgIpc) is 2.68. The number of nitrogens with zero attached hydrogens (tertiary/aromatic N) is 1. The summed E-state index contributed by atoms with van der Waals surface area (Å²) in [7, 11) is 0. The Labute approximate surface area is 108 Å². The fourth-order valence-electron chi connectivity index (χ4n) is 1.87. The minimum absolute atomic E-state index is 0. The number of halogens is 2. The van der Waals surface area contributed by atoms with Crippen LogP contribution in [0.1, 0.15) is 6.42 Å². The summed E-state index contributed by atoms with van der Waals surface area (Å²) >= 11 is 0. The highest BCUT2D eigenvalue weighted by Crippen LogP contribution is 2.22. The van der Waals surface area contributed by atoms with Gasteiger partial charge in [-0.2, -0.15) is 0 Å². The van der Waals surface area contributed by atoms with Crippen molar-refractivity contribution >= 4 is 36.4 Å². The van der Waals surface area contributed by atoms with Crippen LogP contribution >= 0.6 is 24.8 Å². The summed E-state index contributed by atoms with van der Waals surface area (Å²) in [6.45, 7) is 1.69. The van der Waals surface area contributed by atoms with Crippen LogP contribution in [-0.2, 0) is 4.79 Å². The molecule has 2 rings (SSSR count). The van der Waals surface area contributed by atoms with Gasteiger partial charge in [0, 0.05) is 18.8 Å². The lowest BCUT2D eigenvalue weighted by Crippen LogP contribution is -2.27. The third kappa shape index (κ3) is 3.29. The first-order valence-electron chi connectivity index (χ1n) is 4.86. The number of anilines is 1. The minimum atomic E-state index is -0.177. The van der Waals surface area contributed by atoms with Gasteiger partial charge in [0.25, 0.3) is 0 Å². The number of carbonyl (C=O) groups excluding carboxylic acids is 1. The Balaban J connectivity index is 0.00000112. The number of benzene rings is 1. The van der Waals surface area contributed by atoms with Crippen LogP contribution in [0.5, 0.6) is 0 Å². The fourth-order valence-corrected chi connectivity index (χ4v) is 1.87. The number of hydrogen-bond donors (Lipinski definition) is 1. The molecule has 1 aliphatic heterocycles. The number of para-hydroxylation sites is 1. The Bertz CT molecular complexity index is 332. The largest absolute Gasteiger partial charge is 0.371 e. The number of rotatable bonds is 2. The molecule has 0 radical (unpaired) electrons. The molecule has 0 aliphatic carbocycles. The zero-order valence-corrected chi connectivity index (χ0v) is 10.5. The van der Waals surface area contributed by atoms with E-state index < -0.39 is 0 Å². The standard InChI is InChI=1S/C11H14N2O.2ClH/c12-11(14)9-6-7-13(8-9)10-4-2-1-3-5-10;;/h1-5,9H,6-8H2,(H2,12,14);2*1H. The molecule has 1 aliphatic rings. The smallest absolute Gasteiger partial charge is 0.222 e. The second kappa shape index (κ2) is 6.61. The number of amides is 1. The van der Waals surface area contributed by atoms with Crippen molar-refractivity contribution in [3.05, 3.63) is 30.3 Å². The molecule has 1 fully saturated rings. The molecule has 3 nitrogen and oxygen atoms in total. The van der Waals surface area contributed by atoms with E-state index in [1.165, 1.54) is 5.69 Å². The van der Waals surface area contributed by atoms with E-state index in [4.69, 9.17) is 5.73 Å². The highest BCUT2D eigenvalue weighted by molar-refractivity contribution is 5.85. The van der Waals surface area contributed by atoms with Crippen LogP contribution < -0.4 is 10.6 Å². The van der Waals surface area contributed by atoms with Crippen LogP contribution in [0.15, 0.2) is 30.3 Å². The molecule has 1 heterocycles. The summed E-state index contributed by atoms with van der Waals surface area (Å²) in [6.07, 6.45) is 0.879. The van der Waals surface area contributed by atoms with Crippen LogP contribution in [0.3, 0.4) is 0 Å². The number of hydrogen-bond acceptors (Lipinski definition) is 2. The Hall–Kier alpha value is -0.930. The molecule has 1 aromatic rings. The second-order valence-corrected chi connectivity index (χ2v) is 3.67. The lowest BCUT2D eigenvalue weighted by atomic mass is 10.1. The van der Waals surface area contributed by atoms with E-state index in [2.05, 4.69) is 17.0 Å². The lowest BCUT2D eigenvalue weighted by Gasteiger charge is -2.17. The van der Waals surface area contributed by atoms with Crippen molar-refractivity contribution in [2.75, 3.05) is 18.0 Å². The first kappa shape index (κ1) is 15.1. The van der Waals surface area contributed by atoms with E-state index in [0.717, 1.165) is 19.5 Å². The van der Waals surface area contributed by atoms with E-state index in [9.17, 15) is 4.79 Å². The highest BCUT2D eigenvalue weighted by Gasteiger charge is 2.26.